The lowest BCUT2D eigenvalue weighted by Gasteiger charge is -2.26. The molecule has 1 fully saturated rings. The average Bonchev–Trinajstić information content (AvgIpc) is 2.98. The number of ether oxygens (including phenoxy) is 1. The molecule has 0 aliphatic carbocycles. The molecule has 1 aromatic carbocycles. The second kappa shape index (κ2) is 7.09. The van der Waals surface area contributed by atoms with Gasteiger partial charge in [0.1, 0.15) is 5.75 Å². The number of hydrogen-bond acceptors (Lipinski definition) is 3. The number of rotatable bonds is 6. The van der Waals surface area contributed by atoms with E-state index < -0.39 is 0 Å². The van der Waals surface area contributed by atoms with Crippen molar-refractivity contribution in [3.05, 3.63) is 29.3 Å². The molecule has 3 heteroatoms. The third kappa shape index (κ3) is 3.74. The van der Waals surface area contributed by atoms with Crippen molar-refractivity contribution in [1.82, 2.24) is 10.2 Å². The molecule has 1 N–H and O–H groups in total. The molecule has 0 bridgehead atoms. The van der Waals surface area contributed by atoms with E-state index in [2.05, 4.69) is 49.2 Å². The first kappa shape index (κ1) is 15.3. The van der Waals surface area contributed by atoms with Gasteiger partial charge in [0.05, 0.1) is 7.11 Å². The van der Waals surface area contributed by atoms with Crippen molar-refractivity contribution in [1.29, 1.82) is 0 Å². The van der Waals surface area contributed by atoms with Gasteiger partial charge >= 0.3 is 0 Å². The average molecular weight is 276 g/mol. The zero-order chi connectivity index (χ0) is 14.5. The number of hydrogen-bond donors (Lipinski definition) is 1. The highest BCUT2D eigenvalue weighted by Crippen LogP contribution is 2.26. The molecule has 0 amide bonds. The summed E-state index contributed by atoms with van der Waals surface area (Å²) in [4.78, 5) is 2.58. The minimum absolute atomic E-state index is 0.315. The first-order valence-electron chi connectivity index (χ1n) is 7.73. The van der Waals surface area contributed by atoms with Crippen molar-refractivity contribution in [2.24, 2.45) is 0 Å². The van der Waals surface area contributed by atoms with Crippen LogP contribution in [0.1, 0.15) is 43.9 Å². The molecule has 3 nitrogen and oxygen atoms in total. The van der Waals surface area contributed by atoms with Crippen molar-refractivity contribution in [3.8, 4) is 5.75 Å². The molecule has 1 saturated heterocycles. The second-order valence-electron chi connectivity index (χ2n) is 5.97. The molecule has 1 aliphatic rings. The molecule has 1 heterocycles. The van der Waals surface area contributed by atoms with E-state index in [-0.39, 0.29) is 0 Å². The number of aryl methyl sites for hydroxylation is 1. The molecular weight excluding hydrogens is 248 g/mol. The number of likely N-dealkylation sites (tertiary alicyclic amines) is 1. The van der Waals surface area contributed by atoms with Gasteiger partial charge < -0.3 is 10.1 Å². The number of nitrogens with one attached hydrogen (secondary N) is 1. The number of nitrogens with zero attached hydrogens (tertiary/aromatic N) is 1. The maximum Gasteiger partial charge on any atom is 0.123 e. The predicted molar refractivity (Wildman–Crippen MR) is 84.4 cm³/mol. The van der Waals surface area contributed by atoms with Crippen LogP contribution in [0.15, 0.2) is 18.2 Å². The zero-order valence-electron chi connectivity index (χ0n) is 13.3. The third-order valence-corrected chi connectivity index (χ3v) is 4.34. The summed E-state index contributed by atoms with van der Waals surface area (Å²) in [5.74, 6) is 0.985. The molecule has 0 spiro atoms. The van der Waals surface area contributed by atoms with Crippen molar-refractivity contribution in [3.63, 3.8) is 0 Å². The van der Waals surface area contributed by atoms with E-state index in [1.54, 1.807) is 7.11 Å². The van der Waals surface area contributed by atoms with Crippen LogP contribution in [0.5, 0.6) is 5.75 Å². The van der Waals surface area contributed by atoms with Crippen molar-refractivity contribution >= 4 is 0 Å². The van der Waals surface area contributed by atoms with Crippen LogP contribution in [0.2, 0.25) is 0 Å². The van der Waals surface area contributed by atoms with Crippen LogP contribution in [0, 0.1) is 6.92 Å². The molecule has 2 rings (SSSR count). The van der Waals surface area contributed by atoms with Gasteiger partial charge in [-0.05, 0) is 58.3 Å². The first-order chi connectivity index (χ1) is 9.61. The molecule has 0 aromatic heterocycles. The fraction of sp³-hybridized carbons (Fsp3) is 0.647. The van der Waals surface area contributed by atoms with Crippen molar-refractivity contribution in [2.45, 2.75) is 45.7 Å². The monoisotopic (exact) mass is 276 g/mol. The fourth-order valence-electron chi connectivity index (χ4n) is 2.94. The Labute approximate surface area is 123 Å². The first-order valence-corrected chi connectivity index (χ1v) is 7.73. The largest absolute Gasteiger partial charge is 0.496 e. The summed E-state index contributed by atoms with van der Waals surface area (Å²) < 4.78 is 5.50. The van der Waals surface area contributed by atoms with E-state index in [0.717, 1.165) is 12.3 Å². The Hall–Kier alpha value is -1.06. The molecule has 112 valence electrons. The third-order valence-electron chi connectivity index (χ3n) is 4.34. The Balaban J connectivity index is 1.92. The number of methoxy groups -OCH3 is 1. The van der Waals surface area contributed by atoms with E-state index in [4.69, 9.17) is 4.74 Å². The molecule has 1 aromatic rings. The Morgan fingerprint density at radius 3 is 2.60 bits per heavy atom. The van der Waals surface area contributed by atoms with E-state index in [1.165, 1.54) is 37.1 Å². The van der Waals surface area contributed by atoms with Crippen LogP contribution in [0.3, 0.4) is 0 Å². The second-order valence-corrected chi connectivity index (χ2v) is 5.97. The molecule has 2 unspecified atom stereocenters. The van der Waals surface area contributed by atoms with Crippen LogP contribution in [0.4, 0.5) is 0 Å². The lowest BCUT2D eigenvalue weighted by Crippen LogP contribution is -2.39. The zero-order valence-corrected chi connectivity index (χ0v) is 13.3. The van der Waals surface area contributed by atoms with Gasteiger partial charge in [-0.2, -0.15) is 0 Å². The highest BCUT2D eigenvalue weighted by atomic mass is 16.5. The topological polar surface area (TPSA) is 24.5 Å². The van der Waals surface area contributed by atoms with Crippen molar-refractivity contribution < 1.29 is 4.74 Å². The highest BCUT2D eigenvalue weighted by Gasteiger charge is 2.19. The lowest BCUT2D eigenvalue weighted by molar-refractivity contribution is 0.246. The van der Waals surface area contributed by atoms with Crippen molar-refractivity contribution in [2.75, 3.05) is 26.7 Å². The molecule has 2 atom stereocenters. The molecule has 1 aliphatic heterocycles. The van der Waals surface area contributed by atoms with Gasteiger partial charge in [-0.15, -0.1) is 0 Å². The maximum atomic E-state index is 5.50. The molecule has 0 saturated carbocycles. The normalized spacial score (nSPS) is 19.0. The van der Waals surface area contributed by atoms with Gasteiger partial charge in [-0.25, -0.2) is 0 Å². The minimum Gasteiger partial charge on any atom is -0.496 e. The summed E-state index contributed by atoms with van der Waals surface area (Å²) in [5.41, 5.74) is 2.48. The lowest BCUT2D eigenvalue weighted by atomic mass is 10.0. The molecule has 20 heavy (non-hydrogen) atoms. The smallest absolute Gasteiger partial charge is 0.123 e. The van der Waals surface area contributed by atoms with E-state index in [9.17, 15) is 0 Å². The van der Waals surface area contributed by atoms with Gasteiger partial charge in [-0.3, -0.25) is 4.90 Å². The van der Waals surface area contributed by atoms with Crippen LogP contribution in [-0.2, 0) is 0 Å². The SMILES string of the molecule is COc1cc(C)ccc1C(C)NCC(C)N1CCCC1. The van der Waals surface area contributed by atoms with Gasteiger partial charge in [0.15, 0.2) is 0 Å². The summed E-state index contributed by atoms with van der Waals surface area (Å²) in [6.07, 6.45) is 2.71. The summed E-state index contributed by atoms with van der Waals surface area (Å²) in [6, 6.07) is 7.36. The Kier molecular flexibility index (Phi) is 5.44. The van der Waals surface area contributed by atoms with Gasteiger partial charge in [0.25, 0.3) is 0 Å². The Morgan fingerprint density at radius 2 is 1.95 bits per heavy atom. The van der Waals surface area contributed by atoms with E-state index >= 15 is 0 Å². The van der Waals surface area contributed by atoms with Gasteiger partial charge in [0, 0.05) is 24.2 Å². The Morgan fingerprint density at radius 1 is 1.25 bits per heavy atom. The minimum atomic E-state index is 0.315. The highest BCUT2D eigenvalue weighted by molar-refractivity contribution is 5.39. The van der Waals surface area contributed by atoms with Crippen LogP contribution in [-0.4, -0.2) is 37.7 Å². The van der Waals surface area contributed by atoms with Gasteiger partial charge in [0.2, 0.25) is 0 Å². The maximum absolute atomic E-state index is 5.50. The van der Waals surface area contributed by atoms with Crippen LogP contribution < -0.4 is 10.1 Å². The molecular formula is C17H28N2O. The van der Waals surface area contributed by atoms with Crippen LogP contribution >= 0.6 is 0 Å². The van der Waals surface area contributed by atoms with Crippen LogP contribution in [0.25, 0.3) is 0 Å². The molecule has 0 radical (unpaired) electrons. The fourth-order valence-corrected chi connectivity index (χ4v) is 2.94. The van der Waals surface area contributed by atoms with E-state index in [0.29, 0.717) is 12.1 Å². The van der Waals surface area contributed by atoms with Gasteiger partial charge in [-0.1, -0.05) is 12.1 Å². The predicted octanol–water partition coefficient (Wildman–Crippen LogP) is 3.14. The van der Waals surface area contributed by atoms with E-state index in [1.807, 2.05) is 0 Å². The Bertz CT molecular complexity index is 427. The standard InChI is InChI=1S/C17H28N2O/c1-13-7-8-16(17(11-13)20-4)15(3)18-12-14(2)19-9-5-6-10-19/h7-8,11,14-15,18H,5-6,9-10,12H2,1-4H3. The quantitative estimate of drug-likeness (QED) is 0.864. The number of benzene rings is 1. The summed E-state index contributed by atoms with van der Waals surface area (Å²) in [5, 5.41) is 3.65. The summed E-state index contributed by atoms with van der Waals surface area (Å²) in [6.45, 7) is 10.2. The summed E-state index contributed by atoms with van der Waals surface area (Å²) >= 11 is 0. The summed E-state index contributed by atoms with van der Waals surface area (Å²) in [7, 11) is 1.75.